The number of fused-ring (bicyclic) bond motifs is 1. The predicted octanol–water partition coefficient (Wildman–Crippen LogP) is 3.36. The van der Waals surface area contributed by atoms with Gasteiger partial charge in [0, 0.05) is 30.3 Å². The highest BCUT2D eigenvalue weighted by Gasteiger charge is 2.21. The van der Waals surface area contributed by atoms with Crippen LogP contribution in [0.5, 0.6) is 0 Å². The average Bonchev–Trinajstić information content (AvgIpc) is 3.04. The number of halogens is 1. The van der Waals surface area contributed by atoms with Gasteiger partial charge in [-0.3, -0.25) is 9.63 Å². The molecule has 1 aromatic heterocycles. The molecule has 0 spiro atoms. The van der Waals surface area contributed by atoms with Crippen LogP contribution in [0.2, 0.25) is 0 Å². The summed E-state index contributed by atoms with van der Waals surface area (Å²) in [6.07, 6.45) is 4.10. The number of carbonyl (C=O) groups excluding carboxylic acids is 1. The summed E-state index contributed by atoms with van der Waals surface area (Å²) in [6, 6.07) is 10.3. The fraction of sp³-hybridized carbons (Fsp3) is 0.150. The van der Waals surface area contributed by atoms with E-state index in [4.69, 9.17) is 4.84 Å². The number of hydroxylamine groups is 2. The van der Waals surface area contributed by atoms with E-state index in [1.165, 1.54) is 56.8 Å². The zero-order valence-electron chi connectivity index (χ0n) is 15.6. The van der Waals surface area contributed by atoms with Crippen molar-refractivity contribution in [1.29, 1.82) is 0 Å². The average molecular weight is 402 g/mol. The molecule has 0 unspecified atom stereocenters. The van der Waals surface area contributed by atoms with Crippen LogP contribution in [0.15, 0.2) is 59.6 Å². The summed E-state index contributed by atoms with van der Waals surface area (Å²) in [6.45, 7) is 1.85. The van der Waals surface area contributed by atoms with E-state index in [9.17, 15) is 17.6 Å². The minimum absolute atomic E-state index is 0.0879. The number of carbonyl (C=O) groups is 1. The third kappa shape index (κ3) is 3.69. The first-order valence-corrected chi connectivity index (χ1v) is 9.81. The van der Waals surface area contributed by atoms with Gasteiger partial charge in [0.15, 0.2) is 0 Å². The Hall–Kier alpha value is -2.97. The summed E-state index contributed by atoms with van der Waals surface area (Å²) in [7, 11) is -1.13. The minimum Gasteiger partial charge on any atom is -0.274 e. The molecule has 1 amide bonds. The van der Waals surface area contributed by atoms with Crippen LogP contribution in [0.4, 0.5) is 4.39 Å². The number of likely N-dealkylation sites (N-methyl/N-ethyl adjacent to an activating group) is 1. The van der Waals surface area contributed by atoms with Gasteiger partial charge in [-0.15, -0.1) is 0 Å². The zero-order chi connectivity index (χ0) is 20.5. The summed E-state index contributed by atoms with van der Waals surface area (Å²) in [5.74, 6) is -0.983. The number of amides is 1. The quantitative estimate of drug-likeness (QED) is 0.485. The molecule has 0 saturated heterocycles. The largest absolute Gasteiger partial charge is 0.274 e. The van der Waals surface area contributed by atoms with Crippen LogP contribution in [0.25, 0.3) is 17.0 Å². The monoisotopic (exact) mass is 402 g/mol. The van der Waals surface area contributed by atoms with E-state index in [0.717, 1.165) is 20.7 Å². The third-order valence-electron chi connectivity index (χ3n) is 4.33. The Labute approximate surface area is 162 Å². The van der Waals surface area contributed by atoms with Gasteiger partial charge in [0.25, 0.3) is 15.9 Å². The summed E-state index contributed by atoms with van der Waals surface area (Å²) in [4.78, 5) is 16.8. The van der Waals surface area contributed by atoms with Crippen molar-refractivity contribution in [3.63, 3.8) is 0 Å². The highest BCUT2D eigenvalue weighted by molar-refractivity contribution is 7.90. The first kappa shape index (κ1) is 19.8. The molecule has 0 saturated carbocycles. The Balaban J connectivity index is 2.16. The van der Waals surface area contributed by atoms with Crippen molar-refractivity contribution in [2.75, 3.05) is 14.2 Å². The second-order valence-corrected chi connectivity index (χ2v) is 8.03. The molecular weight excluding hydrogens is 383 g/mol. The van der Waals surface area contributed by atoms with Gasteiger partial charge in [0.1, 0.15) is 5.82 Å². The highest BCUT2D eigenvalue weighted by atomic mass is 32.2. The lowest BCUT2D eigenvalue weighted by molar-refractivity contribution is -0.162. The lowest BCUT2D eigenvalue weighted by atomic mass is 10.1. The smallest absolute Gasteiger partial charge is 0.269 e. The van der Waals surface area contributed by atoms with Gasteiger partial charge >= 0.3 is 0 Å². The van der Waals surface area contributed by atoms with Crippen LogP contribution in [0, 0.1) is 12.7 Å². The molecule has 0 radical (unpaired) electrons. The van der Waals surface area contributed by atoms with E-state index in [1.807, 2.05) is 6.92 Å². The van der Waals surface area contributed by atoms with Gasteiger partial charge in [-0.05, 0) is 43.3 Å². The molecule has 0 aliphatic rings. The van der Waals surface area contributed by atoms with Crippen LogP contribution in [0.3, 0.4) is 0 Å². The standard InChI is InChI=1S/C20H19FN2O4S/c1-14-4-8-17(9-5-14)28(25,26)23-13-15(6-11-20(24)22(2)27-3)18-10-7-16(21)12-19(18)23/h4-13H,1-3H3/b11-6+. The van der Waals surface area contributed by atoms with E-state index in [2.05, 4.69) is 0 Å². The molecule has 0 N–H and O–H groups in total. The van der Waals surface area contributed by atoms with Crippen molar-refractivity contribution in [3.05, 3.63) is 71.7 Å². The molecular formula is C20H19FN2O4S. The van der Waals surface area contributed by atoms with Crippen molar-refractivity contribution >= 4 is 32.9 Å². The number of aromatic nitrogens is 1. The Bertz CT molecular complexity index is 1160. The van der Waals surface area contributed by atoms with E-state index >= 15 is 0 Å². The number of hydrogen-bond acceptors (Lipinski definition) is 4. The molecule has 0 atom stereocenters. The first-order valence-electron chi connectivity index (χ1n) is 8.37. The number of aryl methyl sites for hydroxylation is 1. The minimum atomic E-state index is -3.94. The molecule has 3 aromatic rings. The fourth-order valence-electron chi connectivity index (χ4n) is 2.71. The van der Waals surface area contributed by atoms with Crippen LogP contribution >= 0.6 is 0 Å². The van der Waals surface area contributed by atoms with Crippen LogP contribution in [-0.4, -0.2) is 37.5 Å². The van der Waals surface area contributed by atoms with Gasteiger partial charge in [-0.2, -0.15) is 0 Å². The first-order chi connectivity index (χ1) is 13.2. The maximum atomic E-state index is 13.8. The third-order valence-corrected chi connectivity index (χ3v) is 6.02. The van der Waals surface area contributed by atoms with Gasteiger partial charge < -0.3 is 0 Å². The second kappa shape index (κ2) is 7.57. The van der Waals surface area contributed by atoms with E-state index in [0.29, 0.717) is 10.9 Å². The molecule has 3 rings (SSSR count). The fourth-order valence-corrected chi connectivity index (χ4v) is 4.08. The Kier molecular flexibility index (Phi) is 5.35. The van der Waals surface area contributed by atoms with E-state index in [-0.39, 0.29) is 10.4 Å². The normalized spacial score (nSPS) is 12.0. The maximum Gasteiger partial charge on any atom is 0.269 e. The molecule has 8 heteroatoms. The lowest BCUT2D eigenvalue weighted by Gasteiger charge is -2.09. The number of hydrogen-bond donors (Lipinski definition) is 0. The Morgan fingerprint density at radius 2 is 1.86 bits per heavy atom. The Morgan fingerprint density at radius 3 is 2.50 bits per heavy atom. The summed E-state index contributed by atoms with van der Waals surface area (Å²) >= 11 is 0. The topological polar surface area (TPSA) is 68.6 Å². The predicted molar refractivity (Wildman–Crippen MR) is 104 cm³/mol. The molecule has 28 heavy (non-hydrogen) atoms. The van der Waals surface area contributed by atoms with Gasteiger partial charge in [0.05, 0.1) is 17.5 Å². The molecule has 146 valence electrons. The van der Waals surface area contributed by atoms with Crippen molar-refractivity contribution in [2.45, 2.75) is 11.8 Å². The second-order valence-electron chi connectivity index (χ2n) is 6.21. The van der Waals surface area contributed by atoms with Gasteiger partial charge in [-0.25, -0.2) is 21.8 Å². The molecule has 0 aliphatic carbocycles. The van der Waals surface area contributed by atoms with Crippen LogP contribution in [-0.2, 0) is 19.7 Å². The zero-order valence-corrected chi connectivity index (χ0v) is 16.4. The van der Waals surface area contributed by atoms with Crippen molar-refractivity contribution in [3.8, 4) is 0 Å². The number of rotatable bonds is 5. The molecule has 0 aliphatic heterocycles. The van der Waals surface area contributed by atoms with Crippen molar-refractivity contribution in [2.24, 2.45) is 0 Å². The van der Waals surface area contributed by atoms with Gasteiger partial charge in [0.2, 0.25) is 0 Å². The summed E-state index contributed by atoms with van der Waals surface area (Å²) in [5.41, 5.74) is 1.57. The lowest BCUT2D eigenvalue weighted by Crippen LogP contribution is -2.22. The molecule has 6 nitrogen and oxygen atoms in total. The maximum absolute atomic E-state index is 13.8. The SMILES string of the molecule is CON(C)C(=O)/C=C/c1cn(S(=O)(=O)c2ccc(C)cc2)c2cc(F)ccc12. The molecule has 2 aromatic carbocycles. The van der Waals surface area contributed by atoms with Crippen LogP contribution in [0.1, 0.15) is 11.1 Å². The number of nitrogens with zero attached hydrogens (tertiary/aromatic N) is 2. The van der Waals surface area contributed by atoms with E-state index < -0.39 is 21.7 Å². The summed E-state index contributed by atoms with van der Waals surface area (Å²) in [5, 5.41) is 1.53. The van der Waals surface area contributed by atoms with Crippen molar-refractivity contribution in [1.82, 2.24) is 9.04 Å². The van der Waals surface area contributed by atoms with E-state index in [1.54, 1.807) is 12.1 Å². The Morgan fingerprint density at radius 1 is 1.18 bits per heavy atom. The molecule has 0 bridgehead atoms. The van der Waals surface area contributed by atoms with Crippen LogP contribution < -0.4 is 0 Å². The molecule has 1 heterocycles. The van der Waals surface area contributed by atoms with Gasteiger partial charge in [-0.1, -0.05) is 17.7 Å². The molecule has 0 fully saturated rings. The van der Waals surface area contributed by atoms with Crippen molar-refractivity contribution < 1.29 is 22.4 Å². The highest BCUT2D eigenvalue weighted by Crippen LogP contribution is 2.28. The summed E-state index contributed by atoms with van der Waals surface area (Å²) < 4.78 is 41.1. The number of benzene rings is 2.